The number of anilines is 1. The first-order chi connectivity index (χ1) is 13.7. The monoisotopic (exact) mass is 379 g/mol. The Bertz CT molecular complexity index is 992. The Balaban J connectivity index is 1.32. The van der Waals surface area contributed by atoms with Crippen LogP contribution >= 0.6 is 0 Å². The number of hydrogen-bond donors (Lipinski definition) is 2. The van der Waals surface area contributed by atoms with Gasteiger partial charge in [-0.05, 0) is 35.9 Å². The molecule has 0 unspecified atom stereocenters. The zero-order valence-corrected chi connectivity index (χ0v) is 14.9. The highest BCUT2D eigenvalue weighted by molar-refractivity contribution is 5.94. The molecule has 1 aliphatic rings. The van der Waals surface area contributed by atoms with E-state index in [4.69, 9.17) is 9.47 Å². The van der Waals surface area contributed by atoms with Crippen molar-refractivity contribution in [3.8, 4) is 11.5 Å². The topological polar surface area (TPSA) is 72.5 Å². The first-order valence-corrected chi connectivity index (χ1v) is 8.79. The number of halogens is 1. The molecule has 1 aliphatic heterocycles. The third-order valence-electron chi connectivity index (χ3n) is 4.33. The zero-order chi connectivity index (χ0) is 19.3. The fourth-order valence-electron chi connectivity index (χ4n) is 2.80. The average molecular weight is 379 g/mol. The van der Waals surface area contributed by atoms with Crippen molar-refractivity contribution in [3.63, 3.8) is 0 Å². The van der Waals surface area contributed by atoms with Crippen molar-refractivity contribution in [2.24, 2.45) is 0 Å². The molecule has 0 fully saturated rings. The van der Waals surface area contributed by atoms with E-state index in [1.807, 2.05) is 18.2 Å². The molecule has 0 bridgehead atoms. The van der Waals surface area contributed by atoms with Gasteiger partial charge in [-0.1, -0.05) is 24.3 Å². The molecule has 2 N–H and O–H groups in total. The van der Waals surface area contributed by atoms with Crippen LogP contribution in [0.15, 0.2) is 60.8 Å². The molecule has 2 heterocycles. The number of hydrogen-bond acceptors (Lipinski definition) is 5. The summed E-state index contributed by atoms with van der Waals surface area (Å²) < 4.78 is 24.3. The predicted molar refractivity (Wildman–Crippen MR) is 102 cm³/mol. The second-order valence-corrected chi connectivity index (χ2v) is 6.25. The molecular formula is C21H18FN3O3. The van der Waals surface area contributed by atoms with Gasteiger partial charge in [-0.15, -0.1) is 0 Å². The van der Waals surface area contributed by atoms with Gasteiger partial charge in [0.2, 0.25) is 6.79 Å². The second-order valence-electron chi connectivity index (χ2n) is 6.25. The second kappa shape index (κ2) is 7.96. The van der Waals surface area contributed by atoms with Crippen LogP contribution in [0.1, 0.15) is 21.5 Å². The van der Waals surface area contributed by atoms with E-state index in [-0.39, 0.29) is 25.1 Å². The summed E-state index contributed by atoms with van der Waals surface area (Å²) in [5, 5.41) is 5.89. The van der Waals surface area contributed by atoms with E-state index in [0.717, 1.165) is 17.1 Å². The molecule has 0 radical (unpaired) electrons. The van der Waals surface area contributed by atoms with Crippen LogP contribution in [0.3, 0.4) is 0 Å². The lowest BCUT2D eigenvalue weighted by Crippen LogP contribution is -2.23. The molecule has 4 rings (SSSR count). The van der Waals surface area contributed by atoms with Crippen LogP contribution in [0.5, 0.6) is 11.5 Å². The minimum atomic E-state index is -0.344. The molecular weight excluding hydrogens is 361 g/mol. The SMILES string of the molecule is O=C(NCc1ccccc1F)c1ccc(NCc2ccc3c(c2)OCO3)nc1. The number of pyridine rings is 1. The molecule has 1 aromatic heterocycles. The van der Waals surface area contributed by atoms with Gasteiger partial charge in [-0.2, -0.15) is 0 Å². The van der Waals surface area contributed by atoms with Crippen LogP contribution in [-0.2, 0) is 13.1 Å². The molecule has 0 spiro atoms. The van der Waals surface area contributed by atoms with E-state index in [1.165, 1.54) is 12.3 Å². The van der Waals surface area contributed by atoms with Gasteiger partial charge in [0.25, 0.3) is 5.91 Å². The molecule has 142 valence electrons. The number of benzene rings is 2. The van der Waals surface area contributed by atoms with Crippen molar-refractivity contribution >= 4 is 11.7 Å². The van der Waals surface area contributed by atoms with Gasteiger partial charge < -0.3 is 20.1 Å². The van der Waals surface area contributed by atoms with Crippen molar-refractivity contribution < 1.29 is 18.7 Å². The van der Waals surface area contributed by atoms with Crippen molar-refractivity contribution in [2.45, 2.75) is 13.1 Å². The lowest BCUT2D eigenvalue weighted by Gasteiger charge is -2.08. The van der Waals surface area contributed by atoms with Crippen LogP contribution in [-0.4, -0.2) is 17.7 Å². The van der Waals surface area contributed by atoms with Crippen molar-refractivity contribution in [3.05, 3.63) is 83.3 Å². The molecule has 0 saturated heterocycles. The summed E-state index contributed by atoms with van der Waals surface area (Å²) in [5.41, 5.74) is 1.87. The highest BCUT2D eigenvalue weighted by atomic mass is 19.1. The summed E-state index contributed by atoms with van der Waals surface area (Å²) in [6, 6.07) is 15.5. The van der Waals surface area contributed by atoms with Crippen LogP contribution in [0.2, 0.25) is 0 Å². The third kappa shape index (κ3) is 4.03. The maximum absolute atomic E-state index is 13.6. The Kier molecular flexibility index (Phi) is 5.05. The first kappa shape index (κ1) is 17.8. The molecule has 1 amide bonds. The predicted octanol–water partition coefficient (Wildman–Crippen LogP) is 3.49. The molecule has 28 heavy (non-hydrogen) atoms. The summed E-state index contributed by atoms with van der Waals surface area (Å²) in [7, 11) is 0. The number of aromatic nitrogens is 1. The number of ether oxygens (including phenoxy) is 2. The molecule has 2 aromatic carbocycles. The van der Waals surface area contributed by atoms with Crippen molar-refractivity contribution in [1.82, 2.24) is 10.3 Å². The molecule has 0 aliphatic carbocycles. The van der Waals surface area contributed by atoms with E-state index in [9.17, 15) is 9.18 Å². The minimum Gasteiger partial charge on any atom is -0.454 e. The van der Waals surface area contributed by atoms with Gasteiger partial charge in [0.05, 0.1) is 5.56 Å². The number of fused-ring (bicyclic) bond motifs is 1. The maximum Gasteiger partial charge on any atom is 0.253 e. The first-order valence-electron chi connectivity index (χ1n) is 8.79. The Morgan fingerprint density at radius 2 is 1.89 bits per heavy atom. The average Bonchev–Trinajstić information content (AvgIpc) is 3.20. The van der Waals surface area contributed by atoms with E-state index in [2.05, 4.69) is 15.6 Å². The van der Waals surface area contributed by atoms with Crippen LogP contribution in [0, 0.1) is 5.82 Å². The van der Waals surface area contributed by atoms with Crippen LogP contribution in [0.25, 0.3) is 0 Å². The number of carbonyl (C=O) groups is 1. The fourth-order valence-corrected chi connectivity index (χ4v) is 2.80. The van der Waals surface area contributed by atoms with Gasteiger partial charge in [0, 0.05) is 24.8 Å². The number of carbonyl (C=O) groups excluding carboxylic acids is 1. The Morgan fingerprint density at radius 1 is 1.04 bits per heavy atom. The Morgan fingerprint density at radius 3 is 2.71 bits per heavy atom. The van der Waals surface area contributed by atoms with E-state index < -0.39 is 0 Å². The standard InChI is InChI=1S/C21H18FN3O3/c22-17-4-2-1-3-15(17)11-25-21(26)16-6-8-20(24-12-16)23-10-14-5-7-18-19(9-14)28-13-27-18/h1-9,12H,10-11,13H2,(H,23,24)(H,25,26). The Labute approximate surface area is 161 Å². The number of nitrogens with one attached hydrogen (secondary N) is 2. The van der Waals surface area contributed by atoms with Crippen LogP contribution < -0.4 is 20.1 Å². The molecule has 3 aromatic rings. The molecule has 7 heteroatoms. The van der Waals surface area contributed by atoms with E-state index in [1.54, 1.807) is 30.3 Å². The largest absolute Gasteiger partial charge is 0.454 e. The smallest absolute Gasteiger partial charge is 0.253 e. The molecule has 6 nitrogen and oxygen atoms in total. The minimum absolute atomic E-state index is 0.121. The highest BCUT2D eigenvalue weighted by Crippen LogP contribution is 2.32. The van der Waals surface area contributed by atoms with E-state index in [0.29, 0.717) is 23.5 Å². The van der Waals surface area contributed by atoms with Gasteiger partial charge in [0.1, 0.15) is 11.6 Å². The summed E-state index contributed by atoms with van der Waals surface area (Å²) in [4.78, 5) is 16.5. The third-order valence-corrected chi connectivity index (χ3v) is 4.33. The quantitative estimate of drug-likeness (QED) is 0.686. The van der Waals surface area contributed by atoms with Gasteiger partial charge in [0.15, 0.2) is 11.5 Å². The lowest BCUT2D eigenvalue weighted by atomic mass is 10.2. The lowest BCUT2D eigenvalue weighted by molar-refractivity contribution is 0.0950. The maximum atomic E-state index is 13.6. The number of amides is 1. The summed E-state index contributed by atoms with van der Waals surface area (Å²) in [6.45, 7) is 0.923. The molecule has 0 atom stereocenters. The highest BCUT2D eigenvalue weighted by Gasteiger charge is 2.13. The normalized spacial score (nSPS) is 11.9. The summed E-state index contributed by atoms with van der Waals surface area (Å²) in [5.74, 6) is 1.46. The molecule has 0 saturated carbocycles. The number of nitrogens with zero attached hydrogens (tertiary/aromatic N) is 1. The van der Waals surface area contributed by atoms with Crippen molar-refractivity contribution in [2.75, 3.05) is 12.1 Å². The van der Waals surface area contributed by atoms with Gasteiger partial charge in [-0.25, -0.2) is 9.37 Å². The van der Waals surface area contributed by atoms with Gasteiger partial charge in [-0.3, -0.25) is 4.79 Å². The van der Waals surface area contributed by atoms with Crippen LogP contribution in [0.4, 0.5) is 10.2 Å². The van der Waals surface area contributed by atoms with Gasteiger partial charge >= 0.3 is 0 Å². The van der Waals surface area contributed by atoms with E-state index >= 15 is 0 Å². The number of rotatable bonds is 6. The zero-order valence-electron chi connectivity index (χ0n) is 14.9. The fraction of sp³-hybridized carbons (Fsp3) is 0.143. The van der Waals surface area contributed by atoms with Crippen molar-refractivity contribution in [1.29, 1.82) is 0 Å². The summed E-state index contributed by atoms with van der Waals surface area (Å²) in [6.07, 6.45) is 1.48. The summed E-state index contributed by atoms with van der Waals surface area (Å²) >= 11 is 0. The Hall–Kier alpha value is -3.61.